The first kappa shape index (κ1) is 23.5. The van der Waals surface area contributed by atoms with Crippen LogP contribution in [0.25, 0.3) is 0 Å². The highest BCUT2D eigenvalue weighted by molar-refractivity contribution is 5.48. The molecule has 3 aromatic carbocycles. The van der Waals surface area contributed by atoms with Crippen molar-refractivity contribution in [1.29, 1.82) is 0 Å². The number of hydrogen-bond donors (Lipinski definition) is 0. The summed E-state index contributed by atoms with van der Waals surface area (Å²) in [4.78, 5) is 20.7. The molecule has 0 saturated heterocycles. The Morgan fingerprint density at radius 2 is 1.47 bits per heavy atom. The molecule has 0 radical (unpaired) electrons. The molecular formula is C29H27N3O4. The van der Waals surface area contributed by atoms with E-state index in [1.165, 1.54) is 11.1 Å². The molecule has 1 unspecified atom stereocenters. The van der Waals surface area contributed by atoms with Crippen LogP contribution in [0.4, 0.5) is 5.69 Å². The minimum atomic E-state index is -0.439. The van der Waals surface area contributed by atoms with Crippen molar-refractivity contribution in [2.45, 2.75) is 44.8 Å². The first-order chi connectivity index (χ1) is 17.7. The SMILES string of the molecule is O=[N+]([O-])c1c(CC2CCCc3ccccc32)nc(OCc2ccccc2)nc1OCc1ccccc1. The molecule has 0 spiro atoms. The lowest BCUT2D eigenvalue weighted by Crippen LogP contribution is -2.15. The third kappa shape index (κ3) is 5.51. The van der Waals surface area contributed by atoms with Crippen molar-refractivity contribution in [3.63, 3.8) is 0 Å². The van der Waals surface area contributed by atoms with E-state index in [4.69, 9.17) is 9.47 Å². The van der Waals surface area contributed by atoms with Gasteiger partial charge < -0.3 is 9.47 Å². The first-order valence-electron chi connectivity index (χ1n) is 12.1. The Bertz CT molecular complexity index is 1330. The van der Waals surface area contributed by atoms with Crippen LogP contribution in [-0.2, 0) is 26.1 Å². The smallest absolute Gasteiger partial charge is 0.352 e. The van der Waals surface area contributed by atoms with Crippen LogP contribution in [-0.4, -0.2) is 14.9 Å². The minimum absolute atomic E-state index is 0.0685. The zero-order valence-electron chi connectivity index (χ0n) is 19.9. The molecule has 1 aromatic heterocycles. The fourth-order valence-corrected chi connectivity index (χ4v) is 4.70. The molecule has 0 aliphatic heterocycles. The largest absolute Gasteiger partial charge is 0.468 e. The third-order valence-electron chi connectivity index (χ3n) is 6.45. The van der Waals surface area contributed by atoms with E-state index in [9.17, 15) is 10.1 Å². The monoisotopic (exact) mass is 481 g/mol. The summed E-state index contributed by atoms with van der Waals surface area (Å²) in [6.07, 6.45) is 3.42. The lowest BCUT2D eigenvalue weighted by molar-refractivity contribution is -0.387. The van der Waals surface area contributed by atoms with Crippen molar-refractivity contribution >= 4 is 5.69 Å². The van der Waals surface area contributed by atoms with Crippen LogP contribution in [0.3, 0.4) is 0 Å². The number of nitro groups is 1. The summed E-state index contributed by atoms with van der Waals surface area (Å²) in [5.41, 5.74) is 4.51. The van der Waals surface area contributed by atoms with Gasteiger partial charge in [0, 0.05) is 6.42 Å². The van der Waals surface area contributed by atoms with E-state index in [0.29, 0.717) is 12.1 Å². The Kier molecular flexibility index (Phi) is 7.17. The Balaban J connectivity index is 1.49. The van der Waals surface area contributed by atoms with Gasteiger partial charge in [-0.3, -0.25) is 10.1 Å². The van der Waals surface area contributed by atoms with Crippen LogP contribution >= 0.6 is 0 Å². The van der Waals surface area contributed by atoms with Gasteiger partial charge in [0.15, 0.2) is 0 Å². The van der Waals surface area contributed by atoms with Gasteiger partial charge in [0.25, 0.3) is 0 Å². The number of hydrogen-bond acceptors (Lipinski definition) is 6. The van der Waals surface area contributed by atoms with Crippen molar-refractivity contribution < 1.29 is 14.4 Å². The van der Waals surface area contributed by atoms with Crippen molar-refractivity contribution in [3.8, 4) is 11.9 Å². The first-order valence-corrected chi connectivity index (χ1v) is 12.1. The molecule has 36 heavy (non-hydrogen) atoms. The standard InChI is InChI=1S/C29H27N3O4/c33-32(34)27-26(18-24-16-9-15-23-14-7-8-17-25(23)24)30-29(36-20-22-12-5-2-6-13-22)31-28(27)35-19-21-10-3-1-4-11-21/h1-8,10-14,17,24H,9,15-16,18-20H2. The van der Waals surface area contributed by atoms with E-state index in [1.54, 1.807) is 0 Å². The Hall–Kier alpha value is -4.26. The molecule has 4 aromatic rings. The summed E-state index contributed by atoms with van der Waals surface area (Å²) in [5.74, 6) is 0.0634. The van der Waals surface area contributed by atoms with Crippen LogP contribution in [0.2, 0.25) is 0 Å². The average Bonchev–Trinajstić information content (AvgIpc) is 2.92. The van der Waals surface area contributed by atoms with Gasteiger partial charge in [0.2, 0.25) is 0 Å². The summed E-state index contributed by atoms with van der Waals surface area (Å²) in [6.45, 7) is 0.408. The van der Waals surface area contributed by atoms with Crippen LogP contribution in [0, 0.1) is 10.1 Å². The van der Waals surface area contributed by atoms with Crippen LogP contribution < -0.4 is 9.47 Å². The molecule has 0 fully saturated rings. The molecule has 1 aliphatic carbocycles. The van der Waals surface area contributed by atoms with E-state index in [-0.39, 0.29) is 36.7 Å². The average molecular weight is 482 g/mol. The topological polar surface area (TPSA) is 87.4 Å². The summed E-state index contributed by atoms with van der Waals surface area (Å²) >= 11 is 0. The van der Waals surface area contributed by atoms with Gasteiger partial charge in [-0.15, -0.1) is 0 Å². The highest BCUT2D eigenvalue weighted by atomic mass is 16.6. The van der Waals surface area contributed by atoms with Gasteiger partial charge in [-0.05, 0) is 47.4 Å². The van der Waals surface area contributed by atoms with Crippen LogP contribution in [0.1, 0.15) is 46.7 Å². The molecule has 1 heterocycles. The summed E-state index contributed by atoms with van der Waals surface area (Å²) in [5, 5.41) is 12.2. The van der Waals surface area contributed by atoms with Gasteiger partial charge in [-0.25, -0.2) is 0 Å². The fourth-order valence-electron chi connectivity index (χ4n) is 4.70. The number of rotatable bonds is 9. The van der Waals surface area contributed by atoms with Gasteiger partial charge in [0.05, 0.1) is 4.92 Å². The van der Waals surface area contributed by atoms with E-state index in [2.05, 4.69) is 22.1 Å². The lowest BCUT2D eigenvalue weighted by Gasteiger charge is -2.25. The number of fused-ring (bicyclic) bond motifs is 1. The minimum Gasteiger partial charge on any atom is -0.468 e. The molecular weight excluding hydrogens is 454 g/mol. The van der Waals surface area contributed by atoms with E-state index < -0.39 is 4.92 Å². The second kappa shape index (κ2) is 11.0. The summed E-state index contributed by atoms with van der Waals surface area (Å²) < 4.78 is 11.8. The second-order valence-electron chi connectivity index (χ2n) is 8.90. The molecule has 7 heteroatoms. The molecule has 1 aliphatic rings. The normalized spacial score (nSPS) is 14.6. The van der Waals surface area contributed by atoms with Gasteiger partial charge in [0.1, 0.15) is 18.9 Å². The molecule has 5 rings (SSSR count). The lowest BCUT2D eigenvalue weighted by atomic mass is 9.80. The summed E-state index contributed by atoms with van der Waals surface area (Å²) in [6, 6.07) is 27.6. The molecule has 0 bridgehead atoms. The van der Waals surface area contributed by atoms with Crippen molar-refractivity contribution in [2.24, 2.45) is 0 Å². The molecule has 0 N–H and O–H groups in total. The number of aryl methyl sites for hydroxylation is 1. The highest BCUT2D eigenvalue weighted by Crippen LogP contribution is 2.38. The maximum atomic E-state index is 12.2. The molecule has 1 atom stereocenters. The van der Waals surface area contributed by atoms with Crippen LogP contribution in [0.5, 0.6) is 11.9 Å². The molecule has 0 saturated carbocycles. The van der Waals surface area contributed by atoms with Gasteiger partial charge >= 0.3 is 17.6 Å². The van der Waals surface area contributed by atoms with Gasteiger partial charge in [-0.2, -0.15) is 9.97 Å². The Morgan fingerprint density at radius 1 is 0.833 bits per heavy atom. The second-order valence-corrected chi connectivity index (χ2v) is 8.90. The molecule has 0 amide bonds. The predicted octanol–water partition coefficient (Wildman–Crippen LogP) is 6.21. The molecule has 7 nitrogen and oxygen atoms in total. The third-order valence-corrected chi connectivity index (χ3v) is 6.45. The zero-order chi connectivity index (χ0) is 24.7. The quantitative estimate of drug-likeness (QED) is 0.209. The Morgan fingerprint density at radius 3 is 2.17 bits per heavy atom. The zero-order valence-corrected chi connectivity index (χ0v) is 19.9. The van der Waals surface area contributed by atoms with Crippen molar-refractivity contribution in [2.75, 3.05) is 0 Å². The number of ether oxygens (including phenoxy) is 2. The number of aromatic nitrogens is 2. The fraction of sp³-hybridized carbons (Fsp3) is 0.241. The Labute approximate surface area is 209 Å². The maximum Gasteiger partial charge on any atom is 0.352 e. The van der Waals surface area contributed by atoms with Crippen molar-refractivity contribution in [3.05, 3.63) is 123 Å². The molecule has 182 valence electrons. The van der Waals surface area contributed by atoms with Crippen LogP contribution in [0.15, 0.2) is 84.9 Å². The maximum absolute atomic E-state index is 12.2. The van der Waals surface area contributed by atoms with E-state index >= 15 is 0 Å². The summed E-state index contributed by atoms with van der Waals surface area (Å²) in [7, 11) is 0. The number of benzene rings is 3. The predicted molar refractivity (Wildman–Crippen MR) is 136 cm³/mol. The van der Waals surface area contributed by atoms with Gasteiger partial charge in [-0.1, -0.05) is 84.9 Å². The van der Waals surface area contributed by atoms with E-state index in [1.807, 2.05) is 72.8 Å². The highest BCUT2D eigenvalue weighted by Gasteiger charge is 2.30. The van der Waals surface area contributed by atoms with E-state index in [0.717, 1.165) is 30.4 Å². The number of nitrogens with zero attached hydrogens (tertiary/aromatic N) is 3. The van der Waals surface area contributed by atoms with Crippen molar-refractivity contribution in [1.82, 2.24) is 9.97 Å².